The number of nitrogens with two attached hydrogens (primary N) is 1. The van der Waals surface area contributed by atoms with Crippen molar-refractivity contribution >= 4 is 21.8 Å². The lowest BCUT2D eigenvalue weighted by atomic mass is 10.1. The molecule has 110 valence electrons. The lowest BCUT2D eigenvalue weighted by Crippen LogP contribution is -2.13. The fourth-order valence-corrected chi connectivity index (χ4v) is 2.36. The molecule has 5 heteroatoms. The Morgan fingerprint density at radius 3 is 2.57 bits per heavy atom. The van der Waals surface area contributed by atoms with Gasteiger partial charge in [-0.25, -0.2) is 0 Å². The number of halogens is 1. The van der Waals surface area contributed by atoms with Gasteiger partial charge in [0, 0.05) is 10.0 Å². The molecule has 0 saturated carbocycles. The molecule has 0 spiro atoms. The molecule has 2 rings (SSSR count). The zero-order valence-electron chi connectivity index (χ0n) is 11.7. The lowest BCUT2D eigenvalue weighted by Gasteiger charge is -2.10. The van der Waals surface area contributed by atoms with Gasteiger partial charge >= 0.3 is 0 Å². The fourth-order valence-electron chi connectivity index (χ4n) is 1.96. The van der Waals surface area contributed by atoms with Gasteiger partial charge in [-0.15, -0.1) is 0 Å². The Bertz CT molecular complexity index is 656. The van der Waals surface area contributed by atoms with Gasteiger partial charge in [0.1, 0.15) is 0 Å². The maximum atomic E-state index is 8.68. The van der Waals surface area contributed by atoms with Crippen molar-refractivity contribution in [3.05, 3.63) is 69.2 Å². The van der Waals surface area contributed by atoms with Crippen LogP contribution in [0.4, 0.5) is 0 Å². The highest BCUT2D eigenvalue weighted by Gasteiger charge is 2.05. The Morgan fingerprint density at radius 1 is 1.19 bits per heavy atom. The summed E-state index contributed by atoms with van der Waals surface area (Å²) in [4.78, 5) is 0. The van der Waals surface area contributed by atoms with Crippen molar-refractivity contribution in [3.8, 4) is 0 Å². The van der Waals surface area contributed by atoms with Gasteiger partial charge < -0.3 is 15.7 Å². The van der Waals surface area contributed by atoms with E-state index in [9.17, 15) is 0 Å². The van der Waals surface area contributed by atoms with Crippen molar-refractivity contribution in [2.45, 2.75) is 20.1 Å². The molecule has 2 aromatic rings. The number of ether oxygens (including phenoxy) is 1. The number of benzene rings is 2. The molecule has 0 amide bonds. The van der Waals surface area contributed by atoms with Crippen LogP contribution in [0.3, 0.4) is 0 Å². The first-order chi connectivity index (χ1) is 10.1. The Balaban J connectivity index is 1.99. The number of oxime groups is 1. The molecule has 0 aliphatic heterocycles. The predicted molar refractivity (Wildman–Crippen MR) is 86.3 cm³/mol. The number of aryl methyl sites for hydroxylation is 1. The first kappa shape index (κ1) is 15.5. The molecule has 0 unspecified atom stereocenters. The van der Waals surface area contributed by atoms with E-state index in [-0.39, 0.29) is 5.84 Å². The second-order valence-electron chi connectivity index (χ2n) is 4.71. The van der Waals surface area contributed by atoms with Gasteiger partial charge in [0.05, 0.1) is 13.2 Å². The monoisotopic (exact) mass is 348 g/mol. The van der Waals surface area contributed by atoms with E-state index in [2.05, 4.69) is 21.1 Å². The van der Waals surface area contributed by atoms with Crippen molar-refractivity contribution in [2.24, 2.45) is 10.9 Å². The maximum absolute atomic E-state index is 8.68. The van der Waals surface area contributed by atoms with Crippen molar-refractivity contribution in [1.82, 2.24) is 0 Å². The summed E-state index contributed by atoms with van der Waals surface area (Å²) in [5, 5.41) is 11.7. The van der Waals surface area contributed by atoms with E-state index in [4.69, 9.17) is 15.7 Å². The summed E-state index contributed by atoms with van der Waals surface area (Å²) in [7, 11) is 0. The summed E-state index contributed by atoms with van der Waals surface area (Å²) >= 11 is 3.50. The van der Waals surface area contributed by atoms with Gasteiger partial charge in [0.25, 0.3) is 0 Å². The molecule has 0 saturated heterocycles. The van der Waals surface area contributed by atoms with E-state index < -0.39 is 0 Å². The highest BCUT2D eigenvalue weighted by molar-refractivity contribution is 9.10. The van der Waals surface area contributed by atoms with Crippen molar-refractivity contribution in [2.75, 3.05) is 0 Å². The van der Waals surface area contributed by atoms with E-state index in [0.29, 0.717) is 18.8 Å². The zero-order chi connectivity index (χ0) is 15.2. The minimum Gasteiger partial charge on any atom is -0.409 e. The van der Waals surface area contributed by atoms with Gasteiger partial charge in [-0.1, -0.05) is 51.4 Å². The summed E-state index contributed by atoms with van der Waals surface area (Å²) in [6, 6.07) is 13.6. The third-order valence-corrected chi connectivity index (χ3v) is 3.99. The quantitative estimate of drug-likeness (QED) is 0.375. The Labute approximate surface area is 132 Å². The van der Waals surface area contributed by atoms with E-state index in [0.717, 1.165) is 21.2 Å². The topological polar surface area (TPSA) is 67.8 Å². The zero-order valence-corrected chi connectivity index (χ0v) is 13.3. The molecule has 0 bridgehead atoms. The van der Waals surface area contributed by atoms with Crippen LogP contribution in [0.15, 0.2) is 52.1 Å². The minimum absolute atomic E-state index is 0.110. The standard InChI is InChI=1S/C16H17BrN2O2/c1-11-8-12(16(18)19-20)6-7-13(11)9-21-10-14-4-2-3-5-15(14)17/h2-8,20H,9-10H2,1H3,(H2,18,19). The van der Waals surface area contributed by atoms with Crippen molar-refractivity contribution in [1.29, 1.82) is 0 Å². The van der Waals surface area contributed by atoms with E-state index in [1.165, 1.54) is 0 Å². The number of amidine groups is 1. The van der Waals surface area contributed by atoms with Crippen molar-refractivity contribution < 1.29 is 9.94 Å². The first-order valence-corrected chi connectivity index (χ1v) is 7.29. The molecule has 4 nitrogen and oxygen atoms in total. The molecule has 0 aliphatic rings. The molecule has 21 heavy (non-hydrogen) atoms. The largest absolute Gasteiger partial charge is 0.409 e. The van der Waals surface area contributed by atoms with Crippen LogP contribution < -0.4 is 5.73 Å². The van der Waals surface area contributed by atoms with Gasteiger partial charge in [0.15, 0.2) is 5.84 Å². The third kappa shape index (κ3) is 4.06. The number of rotatable bonds is 5. The summed E-state index contributed by atoms with van der Waals surface area (Å²) in [6.45, 7) is 3.04. The highest BCUT2D eigenvalue weighted by Crippen LogP contribution is 2.18. The van der Waals surface area contributed by atoms with Crippen LogP contribution in [0.1, 0.15) is 22.3 Å². The molecular weight excluding hydrogens is 332 g/mol. The summed E-state index contributed by atoms with van der Waals surface area (Å²) in [6.07, 6.45) is 0. The Kier molecular flexibility index (Phi) is 5.36. The molecule has 0 radical (unpaired) electrons. The Hall–Kier alpha value is -1.85. The van der Waals surface area contributed by atoms with E-state index >= 15 is 0 Å². The van der Waals surface area contributed by atoms with Crippen LogP contribution in [0.2, 0.25) is 0 Å². The van der Waals surface area contributed by atoms with Crippen LogP contribution in [0.5, 0.6) is 0 Å². The second kappa shape index (κ2) is 7.24. The average molecular weight is 349 g/mol. The fraction of sp³-hybridized carbons (Fsp3) is 0.188. The first-order valence-electron chi connectivity index (χ1n) is 6.50. The van der Waals surface area contributed by atoms with E-state index in [1.807, 2.05) is 49.4 Å². The van der Waals surface area contributed by atoms with Gasteiger partial charge in [-0.05, 0) is 35.7 Å². The molecule has 0 atom stereocenters. The van der Waals surface area contributed by atoms with Crippen LogP contribution in [0.25, 0.3) is 0 Å². The minimum atomic E-state index is 0.110. The van der Waals surface area contributed by atoms with Gasteiger partial charge in [-0.2, -0.15) is 0 Å². The summed E-state index contributed by atoms with van der Waals surface area (Å²) < 4.78 is 6.80. The Morgan fingerprint density at radius 2 is 1.90 bits per heavy atom. The molecule has 3 N–H and O–H groups in total. The average Bonchev–Trinajstić information content (AvgIpc) is 2.50. The third-order valence-electron chi connectivity index (χ3n) is 3.22. The second-order valence-corrected chi connectivity index (χ2v) is 5.57. The maximum Gasteiger partial charge on any atom is 0.170 e. The van der Waals surface area contributed by atoms with Crippen LogP contribution in [0, 0.1) is 6.92 Å². The summed E-state index contributed by atoms with van der Waals surface area (Å²) in [5.74, 6) is 0.110. The molecule has 0 heterocycles. The smallest absolute Gasteiger partial charge is 0.170 e. The lowest BCUT2D eigenvalue weighted by molar-refractivity contribution is 0.106. The SMILES string of the molecule is Cc1cc(/C(N)=N/O)ccc1COCc1ccccc1Br. The van der Waals surface area contributed by atoms with Crippen LogP contribution >= 0.6 is 15.9 Å². The number of nitrogens with zero attached hydrogens (tertiary/aromatic N) is 1. The molecule has 0 aliphatic carbocycles. The number of hydrogen-bond donors (Lipinski definition) is 2. The van der Waals surface area contributed by atoms with Crippen LogP contribution in [-0.2, 0) is 18.0 Å². The van der Waals surface area contributed by atoms with Gasteiger partial charge in [-0.3, -0.25) is 0 Å². The van der Waals surface area contributed by atoms with Crippen LogP contribution in [-0.4, -0.2) is 11.0 Å². The summed E-state index contributed by atoms with van der Waals surface area (Å²) in [5.41, 5.74) is 9.51. The highest BCUT2D eigenvalue weighted by atomic mass is 79.9. The van der Waals surface area contributed by atoms with E-state index in [1.54, 1.807) is 0 Å². The molecule has 2 aromatic carbocycles. The van der Waals surface area contributed by atoms with Crippen molar-refractivity contribution in [3.63, 3.8) is 0 Å². The predicted octanol–water partition coefficient (Wildman–Crippen LogP) is 3.57. The molecule has 0 fully saturated rings. The normalized spacial score (nSPS) is 11.6. The molecular formula is C16H17BrN2O2. The molecule has 0 aromatic heterocycles. The number of hydrogen-bond acceptors (Lipinski definition) is 3. The van der Waals surface area contributed by atoms with Gasteiger partial charge in [0.2, 0.25) is 0 Å².